The van der Waals surface area contributed by atoms with E-state index in [4.69, 9.17) is 0 Å². The Hall–Kier alpha value is -3.43. The van der Waals surface area contributed by atoms with E-state index in [1.807, 2.05) is 13.8 Å². The van der Waals surface area contributed by atoms with Gasteiger partial charge >= 0.3 is 11.8 Å². The summed E-state index contributed by atoms with van der Waals surface area (Å²) in [5, 5.41) is 0. The van der Waals surface area contributed by atoms with Crippen LogP contribution in [0, 0.1) is 0 Å². The number of carbonyl (C=O) groups is 1. The summed E-state index contributed by atoms with van der Waals surface area (Å²) in [6.07, 6.45) is 2.41. The van der Waals surface area contributed by atoms with Crippen LogP contribution in [-0.4, -0.2) is 44.3 Å². The quantitative estimate of drug-likeness (QED) is 0.676. The molecule has 3 rings (SSSR count). The van der Waals surface area contributed by atoms with E-state index in [0.29, 0.717) is 42.4 Å². The molecule has 0 aliphatic heterocycles. The van der Waals surface area contributed by atoms with Crippen LogP contribution in [0.2, 0.25) is 0 Å². The number of imidazole rings is 1. The zero-order valence-electron chi connectivity index (χ0n) is 16.9. The van der Waals surface area contributed by atoms with E-state index in [0.717, 1.165) is 6.42 Å². The standard InChI is InChI=1S/C19H24N6O4/c1-5-9-24-16-14(17(26)25(10-6-2)18(24)27)21-15(22-16)12-7-8-13(20-11-12)23(3)19(28)29-4/h7-8,11H,5-6,9-10H2,1-4H3,(H,21,22). The molecule has 0 spiro atoms. The van der Waals surface area contributed by atoms with Gasteiger partial charge in [0, 0.05) is 31.9 Å². The third-order valence-electron chi connectivity index (χ3n) is 4.57. The molecule has 3 aromatic heterocycles. The van der Waals surface area contributed by atoms with E-state index in [1.54, 1.807) is 25.4 Å². The maximum atomic E-state index is 12.8. The van der Waals surface area contributed by atoms with Crippen LogP contribution in [0.15, 0.2) is 27.9 Å². The highest BCUT2D eigenvalue weighted by atomic mass is 16.5. The monoisotopic (exact) mass is 400 g/mol. The number of rotatable bonds is 6. The van der Waals surface area contributed by atoms with Gasteiger partial charge in [-0.2, -0.15) is 0 Å². The van der Waals surface area contributed by atoms with Gasteiger partial charge in [0.2, 0.25) is 0 Å². The van der Waals surface area contributed by atoms with Crippen molar-refractivity contribution in [2.45, 2.75) is 39.8 Å². The van der Waals surface area contributed by atoms with Crippen molar-refractivity contribution in [3.05, 3.63) is 39.2 Å². The number of ether oxygens (including phenoxy) is 1. The van der Waals surface area contributed by atoms with Crippen molar-refractivity contribution >= 4 is 23.1 Å². The summed E-state index contributed by atoms with van der Waals surface area (Å²) in [5.74, 6) is 0.834. The van der Waals surface area contributed by atoms with Crippen LogP contribution >= 0.6 is 0 Å². The number of aromatic nitrogens is 5. The van der Waals surface area contributed by atoms with Crippen molar-refractivity contribution in [3.63, 3.8) is 0 Å². The van der Waals surface area contributed by atoms with Crippen LogP contribution in [-0.2, 0) is 17.8 Å². The van der Waals surface area contributed by atoms with E-state index in [9.17, 15) is 14.4 Å². The number of nitrogens with one attached hydrogen (secondary N) is 1. The van der Waals surface area contributed by atoms with Crippen LogP contribution < -0.4 is 16.1 Å². The number of amides is 1. The molecule has 0 aliphatic carbocycles. The van der Waals surface area contributed by atoms with Crippen molar-refractivity contribution < 1.29 is 9.53 Å². The minimum absolute atomic E-state index is 0.289. The number of H-pyrrole nitrogens is 1. The second kappa shape index (κ2) is 8.29. The number of nitrogens with zero attached hydrogens (tertiary/aromatic N) is 5. The molecule has 0 unspecified atom stereocenters. The maximum absolute atomic E-state index is 12.8. The van der Waals surface area contributed by atoms with Crippen molar-refractivity contribution in [1.29, 1.82) is 0 Å². The predicted molar refractivity (Wildman–Crippen MR) is 109 cm³/mol. The Morgan fingerprint density at radius 1 is 1.17 bits per heavy atom. The first kappa shape index (κ1) is 20.3. The van der Waals surface area contributed by atoms with Gasteiger partial charge in [0.25, 0.3) is 5.56 Å². The van der Waals surface area contributed by atoms with E-state index in [2.05, 4.69) is 19.7 Å². The lowest BCUT2D eigenvalue weighted by molar-refractivity contribution is 0.180. The average molecular weight is 400 g/mol. The molecule has 0 radical (unpaired) electrons. The fraction of sp³-hybridized carbons (Fsp3) is 0.421. The fourth-order valence-corrected chi connectivity index (χ4v) is 3.10. The van der Waals surface area contributed by atoms with Gasteiger partial charge in [-0.3, -0.25) is 18.8 Å². The highest BCUT2D eigenvalue weighted by molar-refractivity contribution is 5.85. The molecule has 10 heteroatoms. The number of fused-ring (bicyclic) bond motifs is 1. The lowest BCUT2D eigenvalue weighted by Gasteiger charge is -2.14. The molecule has 1 N–H and O–H groups in total. The summed E-state index contributed by atoms with van der Waals surface area (Å²) in [6.45, 7) is 4.69. The van der Waals surface area contributed by atoms with Crippen molar-refractivity contribution in [2.24, 2.45) is 0 Å². The van der Waals surface area contributed by atoms with Crippen LogP contribution in [0.4, 0.5) is 10.6 Å². The summed E-state index contributed by atoms with van der Waals surface area (Å²) in [5.41, 5.74) is 0.516. The number of hydrogen-bond donors (Lipinski definition) is 1. The lowest BCUT2D eigenvalue weighted by Crippen LogP contribution is -2.40. The summed E-state index contributed by atoms with van der Waals surface area (Å²) in [4.78, 5) is 50.2. The normalized spacial score (nSPS) is 11.0. The molecule has 3 heterocycles. The third-order valence-corrected chi connectivity index (χ3v) is 4.57. The number of hydrogen-bond acceptors (Lipinski definition) is 6. The number of aromatic amines is 1. The Labute approximate surface area is 166 Å². The Balaban J connectivity index is 2.11. The van der Waals surface area contributed by atoms with E-state index in [-0.39, 0.29) is 16.8 Å². The number of pyridine rings is 1. The smallest absolute Gasteiger partial charge is 0.414 e. The molecule has 0 fully saturated rings. The van der Waals surface area contributed by atoms with Crippen LogP contribution in [0.3, 0.4) is 0 Å². The predicted octanol–water partition coefficient (Wildman–Crippen LogP) is 1.97. The molecular weight excluding hydrogens is 376 g/mol. The molecule has 29 heavy (non-hydrogen) atoms. The number of carbonyl (C=O) groups excluding carboxylic acids is 1. The van der Waals surface area contributed by atoms with Gasteiger partial charge in [0.05, 0.1) is 7.11 Å². The van der Waals surface area contributed by atoms with E-state index in [1.165, 1.54) is 21.1 Å². The highest BCUT2D eigenvalue weighted by Crippen LogP contribution is 2.20. The molecule has 154 valence electrons. The fourth-order valence-electron chi connectivity index (χ4n) is 3.10. The summed E-state index contributed by atoms with van der Waals surface area (Å²) in [7, 11) is 2.84. The molecule has 0 atom stereocenters. The zero-order valence-corrected chi connectivity index (χ0v) is 16.9. The molecule has 0 aromatic carbocycles. The van der Waals surface area contributed by atoms with Crippen molar-refractivity contribution in [2.75, 3.05) is 19.1 Å². The molecular formula is C19H24N6O4. The van der Waals surface area contributed by atoms with Crippen LogP contribution in [0.1, 0.15) is 26.7 Å². The molecule has 10 nitrogen and oxygen atoms in total. The Morgan fingerprint density at radius 2 is 1.86 bits per heavy atom. The second-order valence-electron chi connectivity index (χ2n) is 6.61. The average Bonchev–Trinajstić information content (AvgIpc) is 3.18. The van der Waals surface area contributed by atoms with Gasteiger partial charge in [-0.15, -0.1) is 0 Å². The SMILES string of the molecule is CCCn1c(=O)c2[nH]c(-c3ccc(N(C)C(=O)OC)nc3)nc2n(CCC)c1=O. The van der Waals surface area contributed by atoms with Crippen LogP contribution in [0.5, 0.6) is 0 Å². The summed E-state index contributed by atoms with van der Waals surface area (Å²) in [6, 6.07) is 3.38. The van der Waals surface area contributed by atoms with Gasteiger partial charge < -0.3 is 9.72 Å². The van der Waals surface area contributed by atoms with Gasteiger partial charge in [-0.1, -0.05) is 13.8 Å². The highest BCUT2D eigenvalue weighted by Gasteiger charge is 2.18. The summed E-state index contributed by atoms with van der Waals surface area (Å²) >= 11 is 0. The molecule has 0 aliphatic rings. The molecule has 3 aromatic rings. The van der Waals surface area contributed by atoms with Gasteiger partial charge in [-0.05, 0) is 25.0 Å². The first-order valence-electron chi connectivity index (χ1n) is 9.44. The minimum atomic E-state index is -0.533. The first-order chi connectivity index (χ1) is 13.9. The topological polar surface area (TPSA) is 115 Å². The zero-order chi connectivity index (χ0) is 21.1. The molecule has 1 amide bonds. The Kier molecular flexibility index (Phi) is 5.81. The lowest BCUT2D eigenvalue weighted by atomic mass is 10.2. The molecule has 0 saturated heterocycles. The van der Waals surface area contributed by atoms with Gasteiger partial charge in [-0.25, -0.2) is 19.6 Å². The Morgan fingerprint density at radius 3 is 2.45 bits per heavy atom. The number of aryl methyl sites for hydroxylation is 1. The third kappa shape index (κ3) is 3.65. The maximum Gasteiger partial charge on any atom is 0.414 e. The largest absolute Gasteiger partial charge is 0.452 e. The van der Waals surface area contributed by atoms with Crippen LogP contribution in [0.25, 0.3) is 22.6 Å². The van der Waals surface area contributed by atoms with E-state index >= 15 is 0 Å². The molecule has 0 saturated carbocycles. The summed E-state index contributed by atoms with van der Waals surface area (Å²) < 4.78 is 7.44. The van der Waals surface area contributed by atoms with E-state index < -0.39 is 6.09 Å². The number of methoxy groups -OCH3 is 1. The van der Waals surface area contributed by atoms with Crippen molar-refractivity contribution in [1.82, 2.24) is 24.1 Å². The molecule has 0 bridgehead atoms. The number of anilines is 1. The second-order valence-corrected chi connectivity index (χ2v) is 6.61. The minimum Gasteiger partial charge on any atom is -0.452 e. The van der Waals surface area contributed by atoms with Gasteiger partial charge in [0.15, 0.2) is 5.65 Å². The first-order valence-corrected chi connectivity index (χ1v) is 9.44. The Bertz CT molecular complexity index is 1140. The van der Waals surface area contributed by atoms with Crippen molar-refractivity contribution in [3.8, 4) is 11.4 Å². The van der Waals surface area contributed by atoms with Gasteiger partial charge in [0.1, 0.15) is 17.2 Å².